The minimum Gasteiger partial charge on any atom is -0.482 e. The highest BCUT2D eigenvalue weighted by Crippen LogP contribution is 2.29. The molecule has 0 radical (unpaired) electrons. The molecular weight excluding hydrogens is 394 g/mol. The molecule has 0 aliphatic carbocycles. The molecule has 8 nitrogen and oxygen atoms in total. The third-order valence-corrected chi connectivity index (χ3v) is 5.28. The van der Waals surface area contributed by atoms with Crippen molar-refractivity contribution in [2.24, 2.45) is 0 Å². The van der Waals surface area contributed by atoms with Crippen LogP contribution in [-0.4, -0.2) is 40.4 Å². The normalized spacial score (nSPS) is 12.7. The Balaban J connectivity index is 1.46. The van der Waals surface area contributed by atoms with E-state index in [-0.39, 0.29) is 30.5 Å². The summed E-state index contributed by atoms with van der Waals surface area (Å²) in [5.74, 6) is -0.808. The number of aromatic nitrogens is 2. The van der Waals surface area contributed by atoms with Crippen LogP contribution in [0, 0.1) is 13.8 Å². The number of rotatable bonds is 5. The maximum Gasteiger partial charge on any atom is 0.338 e. The van der Waals surface area contributed by atoms with Crippen molar-refractivity contribution >= 4 is 34.7 Å². The lowest BCUT2D eigenvalue weighted by Gasteiger charge is -2.18. The number of hydrogen-bond donors (Lipinski definition) is 1. The topological polar surface area (TPSA) is 99.5 Å². The van der Waals surface area contributed by atoms with Gasteiger partial charge in [0.25, 0.3) is 5.91 Å². The van der Waals surface area contributed by atoms with E-state index in [0.717, 1.165) is 16.5 Å². The molecular formula is C20H17N3O5S. The van der Waals surface area contributed by atoms with Gasteiger partial charge in [0.05, 0.1) is 11.3 Å². The van der Waals surface area contributed by atoms with Crippen LogP contribution in [0.25, 0.3) is 5.13 Å². The zero-order valence-corrected chi connectivity index (χ0v) is 16.5. The van der Waals surface area contributed by atoms with Crippen molar-refractivity contribution in [3.05, 3.63) is 58.4 Å². The number of hydrogen-bond acceptors (Lipinski definition) is 7. The molecule has 1 amide bonds. The summed E-state index contributed by atoms with van der Waals surface area (Å²) < 4.78 is 12.4. The number of thiazole rings is 1. The first-order valence-corrected chi connectivity index (χ1v) is 9.68. The van der Waals surface area contributed by atoms with Crippen LogP contribution in [-0.2, 0) is 9.53 Å². The summed E-state index contributed by atoms with van der Waals surface area (Å²) in [6, 6.07) is 6.32. The van der Waals surface area contributed by atoms with Crippen molar-refractivity contribution in [1.29, 1.82) is 0 Å². The Morgan fingerprint density at radius 3 is 2.90 bits per heavy atom. The van der Waals surface area contributed by atoms with Crippen LogP contribution in [0.2, 0.25) is 0 Å². The van der Waals surface area contributed by atoms with E-state index in [2.05, 4.69) is 10.3 Å². The van der Waals surface area contributed by atoms with Crippen LogP contribution in [0.4, 0.5) is 5.69 Å². The van der Waals surface area contributed by atoms with E-state index < -0.39 is 5.97 Å². The molecule has 0 saturated heterocycles. The second-order valence-electron chi connectivity index (χ2n) is 6.48. The Hall–Kier alpha value is -3.46. The third kappa shape index (κ3) is 3.64. The average Bonchev–Trinajstić information content (AvgIpc) is 3.33. The first-order valence-electron chi connectivity index (χ1n) is 8.80. The zero-order valence-electron chi connectivity index (χ0n) is 15.7. The van der Waals surface area contributed by atoms with Gasteiger partial charge in [0.1, 0.15) is 5.75 Å². The highest BCUT2D eigenvalue weighted by molar-refractivity contribution is 7.12. The van der Waals surface area contributed by atoms with Gasteiger partial charge < -0.3 is 14.8 Å². The van der Waals surface area contributed by atoms with E-state index >= 15 is 0 Å². The van der Waals surface area contributed by atoms with E-state index in [0.29, 0.717) is 17.0 Å². The first kappa shape index (κ1) is 18.9. The van der Waals surface area contributed by atoms with E-state index in [9.17, 15) is 14.4 Å². The van der Waals surface area contributed by atoms with Crippen LogP contribution < -0.4 is 10.1 Å². The smallest absolute Gasteiger partial charge is 0.338 e. The molecule has 0 spiro atoms. The quantitative estimate of drug-likeness (QED) is 0.512. The maximum atomic E-state index is 12.6. The summed E-state index contributed by atoms with van der Waals surface area (Å²) in [6.07, 6.45) is 1.70. The molecule has 148 valence electrons. The molecule has 1 aromatic carbocycles. The number of nitrogens with one attached hydrogen (secondary N) is 1. The fraction of sp³-hybridized carbons (Fsp3) is 0.200. The number of Topliss-reactive ketones (excluding diaryl/α,β-unsaturated/α-hetero) is 1. The minimum atomic E-state index is -0.643. The van der Waals surface area contributed by atoms with Crippen molar-refractivity contribution in [3.8, 4) is 10.9 Å². The number of esters is 1. The Kier molecular flexibility index (Phi) is 4.89. The Labute approximate surface area is 170 Å². The molecule has 0 bridgehead atoms. The van der Waals surface area contributed by atoms with Crippen molar-refractivity contribution in [2.45, 2.75) is 13.8 Å². The summed E-state index contributed by atoms with van der Waals surface area (Å²) >= 11 is 1.47. The molecule has 1 aliphatic rings. The molecule has 3 heterocycles. The number of fused-ring (bicyclic) bond motifs is 1. The van der Waals surface area contributed by atoms with Crippen LogP contribution in [0.3, 0.4) is 0 Å². The molecule has 29 heavy (non-hydrogen) atoms. The number of aryl methyl sites for hydroxylation is 1. The van der Waals surface area contributed by atoms with Gasteiger partial charge in [-0.1, -0.05) is 0 Å². The van der Waals surface area contributed by atoms with E-state index in [1.165, 1.54) is 23.5 Å². The zero-order chi connectivity index (χ0) is 20.5. The van der Waals surface area contributed by atoms with Crippen molar-refractivity contribution in [3.63, 3.8) is 0 Å². The number of benzene rings is 1. The highest BCUT2D eigenvalue weighted by atomic mass is 32.1. The monoisotopic (exact) mass is 411 g/mol. The predicted octanol–water partition coefficient (Wildman–Crippen LogP) is 2.92. The number of anilines is 1. The predicted molar refractivity (Wildman–Crippen MR) is 106 cm³/mol. The maximum absolute atomic E-state index is 12.6. The molecule has 1 aliphatic heterocycles. The number of carbonyl (C=O) groups is 3. The largest absolute Gasteiger partial charge is 0.482 e. The second kappa shape index (κ2) is 7.51. The third-order valence-electron chi connectivity index (χ3n) is 4.53. The second-order valence-corrected chi connectivity index (χ2v) is 7.36. The summed E-state index contributed by atoms with van der Waals surface area (Å²) in [5, 5.41) is 5.29. The average molecular weight is 411 g/mol. The summed E-state index contributed by atoms with van der Waals surface area (Å²) in [4.78, 5) is 40.6. The van der Waals surface area contributed by atoms with Crippen LogP contribution in [0.1, 0.15) is 32.1 Å². The molecule has 0 fully saturated rings. The minimum absolute atomic E-state index is 0.112. The molecule has 4 rings (SSSR count). The summed E-state index contributed by atoms with van der Waals surface area (Å²) in [5.41, 5.74) is 2.84. The number of carbonyl (C=O) groups excluding carboxylic acids is 3. The number of ether oxygens (including phenoxy) is 2. The Morgan fingerprint density at radius 1 is 1.31 bits per heavy atom. The van der Waals surface area contributed by atoms with Gasteiger partial charge in [-0.05, 0) is 38.1 Å². The van der Waals surface area contributed by atoms with Crippen molar-refractivity contribution < 1.29 is 23.9 Å². The van der Waals surface area contributed by atoms with Gasteiger partial charge in [0.15, 0.2) is 18.3 Å². The molecule has 0 unspecified atom stereocenters. The summed E-state index contributed by atoms with van der Waals surface area (Å²) in [7, 11) is 0. The van der Waals surface area contributed by atoms with Gasteiger partial charge >= 0.3 is 5.97 Å². The van der Waals surface area contributed by atoms with Crippen molar-refractivity contribution in [2.75, 3.05) is 18.5 Å². The van der Waals surface area contributed by atoms with Gasteiger partial charge in [0.2, 0.25) is 5.78 Å². The van der Waals surface area contributed by atoms with E-state index in [1.54, 1.807) is 18.3 Å². The number of nitrogens with zero attached hydrogens (tertiary/aromatic N) is 2. The SMILES string of the molecule is Cc1cc(C(=O)COC(=O)c2ccc3c(c2)OCC(=O)N3)c(C)n1-c1nccs1. The first-order chi connectivity index (χ1) is 13.9. The van der Waals surface area contributed by atoms with E-state index in [1.807, 2.05) is 23.8 Å². The lowest BCUT2D eigenvalue weighted by molar-refractivity contribution is -0.118. The lowest BCUT2D eigenvalue weighted by Crippen LogP contribution is -2.25. The fourth-order valence-corrected chi connectivity index (χ4v) is 3.91. The van der Waals surface area contributed by atoms with Crippen LogP contribution in [0.15, 0.2) is 35.8 Å². The van der Waals surface area contributed by atoms with Gasteiger partial charge in [-0.2, -0.15) is 0 Å². The number of ketones is 1. The Morgan fingerprint density at radius 2 is 2.14 bits per heavy atom. The van der Waals surface area contributed by atoms with Gasteiger partial charge in [-0.25, -0.2) is 9.78 Å². The molecule has 9 heteroatoms. The Bertz CT molecular complexity index is 1120. The molecule has 1 N–H and O–H groups in total. The van der Waals surface area contributed by atoms with Crippen molar-refractivity contribution in [1.82, 2.24) is 9.55 Å². The van der Waals surface area contributed by atoms with Gasteiger partial charge in [-0.3, -0.25) is 14.2 Å². The molecule has 3 aromatic rings. The fourth-order valence-electron chi connectivity index (χ4n) is 3.16. The molecule has 2 aromatic heterocycles. The lowest BCUT2D eigenvalue weighted by atomic mass is 10.1. The molecule has 0 atom stereocenters. The van der Waals surface area contributed by atoms with Crippen LogP contribution in [0.5, 0.6) is 5.75 Å². The van der Waals surface area contributed by atoms with Crippen LogP contribution >= 0.6 is 11.3 Å². The van der Waals surface area contributed by atoms with Gasteiger partial charge in [-0.15, -0.1) is 11.3 Å². The number of amides is 1. The molecule has 0 saturated carbocycles. The van der Waals surface area contributed by atoms with Gasteiger partial charge in [0, 0.05) is 28.5 Å². The standard InChI is InChI=1S/C20H17N3O5S/c1-11-7-14(12(2)23(11)20-21-5-6-29-20)16(24)9-28-19(26)13-3-4-15-17(8-13)27-10-18(25)22-15/h3-8H,9-10H2,1-2H3,(H,22,25). The van der Waals surface area contributed by atoms with E-state index in [4.69, 9.17) is 9.47 Å². The summed E-state index contributed by atoms with van der Waals surface area (Å²) in [6.45, 7) is 3.23. The highest BCUT2D eigenvalue weighted by Gasteiger charge is 2.21.